The minimum absolute atomic E-state index is 0.0920. The molecule has 1 aliphatic heterocycles. The second kappa shape index (κ2) is 7.50. The lowest BCUT2D eigenvalue weighted by Crippen LogP contribution is -2.46. The van der Waals surface area contributed by atoms with Gasteiger partial charge in [-0.05, 0) is 49.2 Å². The lowest BCUT2D eigenvalue weighted by Gasteiger charge is -2.34. The zero-order valence-electron chi connectivity index (χ0n) is 13.8. The van der Waals surface area contributed by atoms with Crippen molar-refractivity contribution in [2.24, 2.45) is 11.1 Å². The van der Waals surface area contributed by atoms with Crippen LogP contribution in [-0.4, -0.2) is 31.6 Å². The summed E-state index contributed by atoms with van der Waals surface area (Å²) in [6.45, 7) is 1.38. The Hall–Kier alpha value is -2.64. The molecule has 0 aliphatic carbocycles. The molecule has 0 bridgehead atoms. The Balaban J connectivity index is 1.62. The van der Waals surface area contributed by atoms with Gasteiger partial charge in [-0.3, -0.25) is 9.59 Å². The van der Waals surface area contributed by atoms with Crippen molar-refractivity contribution in [2.45, 2.75) is 12.8 Å². The molecule has 132 valence electrons. The van der Waals surface area contributed by atoms with E-state index in [2.05, 4.69) is 10.6 Å². The molecule has 7 heteroatoms. The van der Waals surface area contributed by atoms with Crippen molar-refractivity contribution in [1.82, 2.24) is 0 Å². The monoisotopic (exact) mass is 343 g/mol. The quantitative estimate of drug-likeness (QED) is 0.772. The van der Waals surface area contributed by atoms with E-state index < -0.39 is 5.41 Å². The van der Waals surface area contributed by atoms with Crippen molar-refractivity contribution in [3.63, 3.8) is 0 Å². The molecule has 25 heavy (non-hydrogen) atoms. The topological polar surface area (TPSA) is 107 Å². The Morgan fingerprint density at radius 2 is 1.68 bits per heavy atom. The minimum atomic E-state index is -0.579. The zero-order valence-corrected chi connectivity index (χ0v) is 13.8. The largest absolute Gasteiger partial charge is 0.459 e. The first kappa shape index (κ1) is 17.2. The number of furan rings is 1. The maximum absolute atomic E-state index is 12.6. The summed E-state index contributed by atoms with van der Waals surface area (Å²) in [6.07, 6.45) is 2.68. The number of anilines is 2. The van der Waals surface area contributed by atoms with E-state index in [9.17, 15) is 9.59 Å². The average Bonchev–Trinajstić information content (AvgIpc) is 3.19. The van der Waals surface area contributed by atoms with Crippen LogP contribution in [0.15, 0.2) is 47.1 Å². The molecule has 1 saturated heterocycles. The van der Waals surface area contributed by atoms with Crippen molar-refractivity contribution in [2.75, 3.05) is 30.4 Å². The molecule has 3 rings (SSSR count). The molecule has 0 spiro atoms. The number of carbonyl (C=O) groups excluding carboxylic acids is 2. The zero-order chi connectivity index (χ0) is 17.7. The normalized spacial score (nSPS) is 16.2. The molecule has 2 heterocycles. The van der Waals surface area contributed by atoms with Crippen LogP contribution in [0.25, 0.3) is 0 Å². The third-order valence-corrected chi connectivity index (χ3v) is 4.47. The highest BCUT2D eigenvalue weighted by molar-refractivity contribution is 6.02. The second-order valence-corrected chi connectivity index (χ2v) is 6.06. The summed E-state index contributed by atoms with van der Waals surface area (Å²) in [5.41, 5.74) is 6.53. The Kier molecular flexibility index (Phi) is 5.16. The predicted octanol–water partition coefficient (Wildman–Crippen LogP) is 2.23. The van der Waals surface area contributed by atoms with Crippen molar-refractivity contribution in [3.8, 4) is 0 Å². The molecule has 2 amide bonds. The number of benzene rings is 1. The van der Waals surface area contributed by atoms with Gasteiger partial charge >= 0.3 is 0 Å². The fourth-order valence-corrected chi connectivity index (χ4v) is 2.79. The maximum Gasteiger partial charge on any atom is 0.291 e. The Labute approximate surface area is 145 Å². The van der Waals surface area contributed by atoms with E-state index in [1.165, 1.54) is 6.26 Å². The molecular weight excluding hydrogens is 322 g/mol. The van der Waals surface area contributed by atoms with Crippen LogP contribution in [0, 0.1) is 5.41 Å². The van der Waals surface area contributed by atoms with Gasteiger partial charge in [-0.15, -0.1) is 0 Å². The fraction of sp³-hybridized carbons (Fsp3) is 0.333. The molecule has 1 aromatic heterocycles. The average molecular weight is 343 g/mol. The smallest absolute Gasteiger partial charge is 0.291 e. The van der Waals surface area contributed by atoms with Crippen LogP contribution < -0.4 is 16.4 Å². The van der Waals surface area contributed by atoms with Gasteiger partial charge in [-0.1, -0.05) is 0 Å². The van der Waals surface area contributed by atoms with Gasteiger partial charge in [0.25, 0.3) is 5.91 Å². The van der Waals surface area contributed by atoms with Crippen LogP contribution in [0.2, 0.25) is 0 Å². The van der Waals surface area contributed by atoms with E-state index in [4.69, 9.17) is 14.9 Å². The van der Waals surface area contributed by atoms with E-state index >= 15 is 0 Å². The first-order valence-corrected chi connectivity index (χ1v) is 8.17. The van der Waals surface area contributed by atoms with Crippen LogP contribution >= 0.6 is 0 Å². The van der Waals surface area contributed by atoms with Crippen LogP contribution in [0.4, 0.5) is 11.4 Å². The van der Waals surface area contributed by atoms with Gasteiger partial charge in [0.05, 0.1) is 11.7 Å². The van der Waals surface area contributed by atoms with E-state index in [0.29, 0.717) is 44.0 Å². The van der Waals surface area contributed by atoms with Crippen molar-refractivity contribution in [3.05, 3.63) is 48.4 Å². The second-order valence-electron chi connectivity index (χ2n) is 6.06. The summed E-state index contributed by atoms with van der Waals surface area (Å²) in [5.74, 6) is -0.182. The van der Waals surface area contributed by atoms with Crippen LogP contribution in [0.1, 0.15) is 23.4 Å². The number of nitrogens with two attached hydrogens (primary N) is 1. The molecule has 2 aromatic rings. The lowest BCUT2D eigenvalue weighted by atomic mass is 9.79. The Morgan fingerprint density at radius 1 is 1.04 bits per heavy atom. The summed E-state index contributed by atoms with van der Waals surface area (Å²) in [7, 11) is 0. The van der Waals surface area contributed by atoms with Gasteiger partial charge < -0.3 is 25.5 Å². The van der Waals surface area contributed by atoms with Crippen molar-refractivity contribution < 1.29 is 18.7 Å². The summed E-state index contributed by atoms with van der Waals surface area (Å²) in [6, 6.07) is 10.1. The molecule has 0 unspecified atom stereocenters. The van der Waals surface area contributed by atoms with Crippen LogP contribution in [0.3, 0.4) is 0 Å². The van der Waals surface area contributed by atoms with Gasteiger partial charge in [0.1, 0.15) is 0 Å². The molecule has 7 nitrogen and oxygen atoms in total. The van der Waals surface area contributed by atoms with Crippen molar-refractivity contribution in [1.29, 1.82) is 0 Å². The van der Waals surface area contributed by atoms with Crippen molar-refractivity contribution >= 4 is 23.2 Å². The van der Waals surface area contributed by atoms with Gasteiger partial charge in [-0.25, -0.2) is 0 Å². The number of hydrogen-bond donors (Lipinski definition) is 3. The van der Waals surface area contributed by atoms with Crippen LogP contribution in [-0.2, 0) is 9.53 Å². The third-order valence-electron chi connectivity index (χ3n) is 4.47. The molecule has 0 saturated carbocycles. The number of hydrogen-bond acceptors (Lipinski definition) is 5. The van der Waals surface area contributed by atoms with E-state index in [-0.39, 0.29) is 17.6 Å². The highest BCUT2D eigenvalue weighted by atomic mass is 16.5. The molecule has 4 N–H and O–H groups in total. The highest BCUT2D eigenvalue weighted by Crippen LogP contribution is 2.31. The van der Waals surface area contributed by atoms with E-state index in [1.807, 2.05) is 0 Å². The number of carbonyl (C=O) groups is 2. The SMILES string of the molecule is NCC1(C(=O)Nc2ccc(NC(=O)c3ccco3)cc2)CCOCC1. The molecule has 1 aliphatic rings. The van der Waals surface area contributed by atoms with E-state index in [0.717, 1.165) is 0 Å². The minimum Gasteiger partial charge on any atom is -0.459 e. The summed E-state index contributed by atoms with van der Waals surface area (Å²) >= 11 is 0. The first-order chi connectivity index (χ1) is 12.1. The van der Waals surface area contributed by atoms with Gasteiger partial charge in [0, 0.05) is 31.1 Å². The molecule has 0 radical (unpaired) electrons. The number of rotatable bonds is 5. The van der Waals surface area contributed by atoms with Gasteiger partial charge in [0.15, 0.2) is 5.76 Å². The number of amides is 2. The third kappa shape index (κ3) is 3.89. The Bertz CT molecular complexity index is 719. The standard InChI is InChI=1S/C18H21N3O4/c19-12-18(7-10-24-11-8-18)17(23)21-14-5-3-13(4-6-14)20-16(22)15-2-1-9-25-15/h1-6,9H,7-8,10-12,19H2,(H,20,22)(H,21,23). The van der Waals surface area contributed by atoms with Crippen LogP contribution in [0.5, 0.6) is 0 Å². The first-order valence-electron chi connectivity index (χ1n) is 8.17. The summed E-state index contributed by atoms with van der Waals surface area (Å²) < 4.78 is 10.4. The Morgan fingerprint density at radius 3 is 2.24 bits per heavy atom. The summed E-state index contributed by atoms with van der Waals surface area (Å²) in [4.78, 5) is 24.5. The predicted molar refractivity (Wildman–Crippen MR) is 93.3 cm³/mol. The fourth-order valence-electron chi connectivity index (χ4n) is 2.79. The summed E-state index contributed by atoms with van der Waals surface area (Å²) in [5, 5.41) is 5.63. The van der Waals surface area contributed by atoms with Gasteiger partial charge in [0.2, 0.25) is 5.91 Å². The lowest BCUT2D eigenvalue weighted by molar-refractivity contribution is -0.130. The number of nitrogens with one attached hydrogen (secondary N) is 2. The molecule has 1 aromatic carbocycles. The molecule has 1 fully saturated rings. The highest BCUT2D eigenvalue weighted by Gasteiger charge is 2.38. The molecular formula is C18H21N3O4. The maximum atomic E-state index is 12.6. The molecule has 0 atom stereocenters. The van der Waals surface area contributed by atoms with E-state index in [1.54, 1.807) is 36.4 Å². The van der Waals surface area contributed by atoms with Gasteiger partial charge in [-0.2, -0.15) is 0 Å². The number of ether oxygens (including phenoxy) is 1.